The minimum Gasteiger partial charge on any atom is -0.480 e. The Morgan fingerprint density at radius 1 is 1.19 bits per heavy atom. The number of carboxylic acid groups (broad SMARTS) is 1. The maximum Gasteiger partial charge on any atom is 0.326 e. The number of carboxylic acids is 1. The summed E-state index contributed by atoms with van der Waals surface area (Å²) in [5, 5.41) is 11.6. The first-order valence-corrected chi connectivity index (χ1v) is 6.85. The fraction of sp³-hybridized carbons (Fsp3) is 0.467. The molecule has 0 fully saturated rings. The molecular weight excluding hydrogens is 274 g/mol. The third-order valence-electron chi connectivity index (χ3n) is 2.73. The lowest BCUT2D eigenvalue weighted by Gasteiger charge is -2.14. The lowest BCUT2D eigenvalue weighted by molar-refractivity contribution is -0.142. The van der Waals surface area contributed by atoms with Crippen LogP contribution in [0.15, 0.2) is 30.3 Å². The highest BCUT2D eigenvalue weighted by Gasteiger charge is 2.20. The van der Waals surface area contributed by atoms with Crippen LogP contribution in [0.5, 0.6) is 0 Å². The lowest BCUT2D eigenvalue weighted by atomic mass is 10.1. The first kappa shape index (κ1) is 17.1. The van der Waals surface area contributed by atoms with Crippen molar-refractivity contribution in [1.29, 1.82) is 0 Å². The maximum atomic E-state index is 11.6. The Kier molecular flexibility index (Phi) is 8.08. The second-order valence-corrected chi connectivity index (χ2v) is 4.40. The van der Waals surface area contributed by atoms with Gasteiger partial charge in [0.15, 0.2) is 0 Å². The largest absolute Gasteiger partial charge is 0.480 e. The molecule has 0 bridgehead atoms. The quantitative estimate of drug-likeness (QED) is 0.625. The molecule has 1 aromatic rings. The summed E-state index contributed by atoms with van der Waals surface area (Å²) in [5.74, 6) is -1.52. The summed E-state index contributed by atoms with van der Waals surface area (Å²) in [6.07, 6.45) is 0.237. The molecule has 0 unspecified atom stereocenters. The Morgan fingerprint density at radius 3 is 2.48 bits per heavy atom. The summed E-state index contributed by atoms with van der Waals surface area (Å²) in [4.78, 5) is 22.8. The van der Waals surface area contributed by atoms with Crippen molar-refractivity contribution in [2.75, 3.05) is 26.4 Å². The molecule has 0 aliphatic heterocycles. The van der Waals surface area contributed by atoms with Gasteiger partial charge in [-0.1, -0.05) is 30.3 Å². The molecule has 1 amide bonds. The minimum absolute atomic E-state index is 0.175. The van der Waals surface area contributed by atoms with Gasteiger partial charge in [-0.15, -0.1) is 0 Å². The first-order valence-electron chi connectivity index (χ1n) is 6.85. The molecule has 0 saturated carbocycles. The molecular formula is C15H21NO5. The van der Waals surface area contributed by atoms with Crippen molar-refractivity contribution in [3.05, 3.63) is 35.9 Å². The number of nitrogens with one attached hydrogen (secondary N) is 1. The van der Waals surface area contributed by atoms with Gasteiger partial charge in [0.1, 0.15) is 12.6 Å². The zero-order valence-corrected chi connectivity index (χ0v) is 12.1. The van der Waals surface area contributed by atoms with Crippen molar-refractivity contribution < 1.29 is 24.2 Å². The molecule has 116 valence electrons. The summed E-state index contributed by atoms with van der Waals surface area (Å²) < 4.78 is 10.2. The van der Waals surface area contributed by atoms with Crippen LogP contribution in [-0.4, -0.2) is 49.5 Å². The van der Waals surface area contributed by atoms with Crippen LogP contribution in [0.2, 0.25) is 0 Å². The second-order valence-electron chi connectivity index (χ2n) is 4.40. The number of carbonyl (C=O) groups excluding carboxylic acids is 1. The van der Waals surface area contributed by atoms with Crippen LogP contribution in [0, 0.1) is 0 Å². The van der Waals surface area contributed by atoms with E-state index in [-0.39, 0.29) is 13.0 Å². The van der Waals surface area contributed by atoms with Gasteiger partial charge in [-0.2, -0.15) is 0 Å². The molecule has 0 heterocycles. The van der Waals surface area contributed by atoms with Crippen LogP contribution in [-0.2, 0) is 25.5 Å². The fourth-order valence-corrected chi connectivity index (χ4v) is 1.71. The van der Waals surface area contributed by atoms with E-state index in [0.717, 1.165) is 5.56 Å². The number of ether oxygens (including phenoxy) is 2. The normalized spacial score (nSPS) is 11.9. The molecule has 0 radical (unpaired) electrons. The number of hydrogen-bond donors (Lipinski definition) is 2. The van der Waals surface area contributed by atoms with Crippen LogP contribution in [0.25, 0.3) is 0 Å². The number of carbonyl (C=O) groups is 2. The molecule has 0 saturated heterocycles. The third-order valence-corrected chi connectivity index (χ3v) is 2.73. The zero-order valence-electron chi connectivity index (χ0n) is 12.1. The maximum absolute atomic E-state index is 11.6. The standard InChI is InChI=1S/C15H21NO5/c1-2-20-8-9-21-11-14(17)16-13(15(18)19)10-12-6-4-3-5-7-12/h3-7,13H,2,8-11H2,1H3,(H,16,17)(H,18,19)/t13-/m1/s1. The van der Waals surface area contributed by atoms with Crippen LogP contribution in [0.4, 0.5) is 0 Å². The summed E-state index contributed by atoms with van der Waals surface area (Å²) in [5.41, 5.74) is 0.850. The first-order chi connectivity index (χ1) is 10.1. The van der Waals surface area contributed by atoms with Gasteiger partial charge in [-0.3, -0.25) is 4.79 Å². The molecule has 6 heteroatoms. The Bertz CT molecular complexity index is 435. The zero-order chi connectivity index (χ0) is 15.5. The minimum atomic E-state index is -1.07. The van der Waals surface area contributed by atoms with E-state index in [2.05, 4.69) is 5.32 Å². The molecule has 0 spiro atoms. The molecule has 0 aliphatic rings. The van der Waals surface area contributed by atoms with Gasteiger partial charge in [-0.25, -0.2) is 4.79 Å². The molecule has 1 aromatic carbocycles. The van der Waals surface area contributed by atoms with E-state index < -0.39 is 17.9 Å². The molecule has 1 atom stereocenters. The summed E-state index contributed by atoms with van der Waals surface area (Å²) in [6, 6.07) is 8.18. The number of benzene rings is 1. The van der Waals surface area contributed by atoms with Gasteiger partial charge in [0.2, 0.25) is 5.91 Å². The lowest BCUT2D eigenvalue weighted by Crippen LogP contribution is -2.44. The van der Waals surface area contributed by atoms with Gasteiger partial charge in [0, 0.05) is 13.0 Å². The van der Waals surface area contributed by atoms with Crippen LogP contribution >= 0.6 is 0 Å². The number of hydrogen-bond acceptors (Lipinski definition) is 4. The fourth-order valence-electron chi connectivity index (χ4n) is 1.71. The average Bonchev–Trinajstić information content (AvgIpc) is 2.47. The monoisotopic (exact) mass is 295 g/mol. The van der Waals surface area contributed by atoms with E-state index in [1.165, 1.54) is 0 Å². The summed E-state index contributed by atoms with van der Waals surface area (Å²) in [6.45, 7) is 3.00. The van der Waals surface area contributed by atoms with Gasteiger partial charge >= 0.3 is 5.97 Å². The van der Waals surface area contributed by atoms with Crippen molar-refractivity contribution >= 4 is 11.9 Å². The Labute approximate surface area is 124 Å². The van der Waals surface area contributed by atoms with Crippen molar-refractivity contribution in [1.82, 2.24) is 5.32 Å². The number of rotatable bonds is 10. The number of amides is 1. The van der Waals surface area contributed by atoms with Crippen molar-refractivity contribution in [3.63, 3.8) is 0 Å². The third kappa shape index (κ3) is 7.43. The van der Waals surface area contributed by atoms with E-state index in [1.54, 1.807) is 0 Å². The molecule has 0 aliphatic carbocycles. The predicted octanol–water partition coefficient (Wildman–Crippen LogP) is 0.852. The SMILES string of the molecule is CCOCCOCC(=O)N[C@H](Cc1ccccc1)C(=O)O. The van der Waals surface area contributed by atoms with E-state index in [9.17, 15) is 9.59 Å². The van der Waals surface area contributed by atoms with Crippen LogP contribution < -0.4 is 5.32 Å². The smallest absolute Gasteiger partial charge is 0.326 e. The van der Waals surface area contributed by atoms with Crippen molar-refractivity contribution in [2.24, 2.45) is 0 Å². The van der Waals surface area contributed by atoms with E-state index in [1.807, 2.05) is 37.3 Å². The molecule has 1 rings (SSSR count). The molecule has 6 nitrogen and oxygen atoms in total. The molecule has 2 N–H and O–H groups in total. The number of aliphatic carboxylic acids is 1. The molecule has 0 aromatic heterocycles. The van der Waals surface area contributed by atoms with Gasteiger partial charge in [0.25, 0.3) is 0 Å². The van der Waals surface area contributed by atoms with Crippen LogP contribution in [0.3, 0.4) is 0 Å². The van der Waals surface area contributed by atoms with Gasteiger partial charge in [0.05, 0.1) is 13.2 Å². The van der Waals surface area contributed by atoms with Gasteiger partial charge in [-0.05, 0) is 12.5 Å². The Morgan fingerprint density at radius 2 is 1.86 bits per heavy atom. The average molecular weight is 295 g/mol. The van der Waals surface area contributed by atoms with Crippen molar-refractivity contribution in [2.45, 2.75) is 19.4 Å². The topological polar surface area (TPSA) is 84.9 Å². The van der Waals surface area contributed by atoms with Gasteiger partial charge < -0.3 is 19.9 Å². The van der Waals surface area contributed by atoms with Crippen molar-refractivity contribution in [3.8, 4) is 0 Å². The van der Waals surface area contributed by atoms with E-state index in [0.29, 0.717) is 19.8 Å². The van der Waals surface area contributed by atoms with Crippen LogP contribution in [0.1, 0.15) is 12.5 Å². The summed E-state index contributed by atoms with van der Waals surface area (Å²) in [7, 11) is 0. The molecule has 21 heavy (non-hydrogen) atoms. The highest BCUT2D eigenvalue weighted by atomic mass is 16.5. The Balaban J connectivity index is 2.36. The predicted molar refractivity (Wildman–Crippen MR) is 77.0 cm³/mol. The van der Waals surface area contributed by atoms with E-state index >= 15 is 0 Å². The summed E-state index contributed by atoms with van der Waals surface area (Å²) >= 11 is 0. The highest BCUT2D eigenvalue weighted by molar-refractivity contribution is 5.84. The second kappa shape index (κ2) is 9.90. The van der Waals surface area contributed by atoms with E-state index in [4.69, 9.17) is 14.6 Å². The Hall–Kier alpha value is -1.92. The highest BCUT2D eigenvalue weighted by Crippen LogP contribution is 2.03.